The predicted octanol–water partition coefficient (Wildman–Crippen LogP) is 3.85. The molecule has 0 unspecified atom stereocenters. The number of anilines is 2. The van der Waals surface area contributed by atoms with Crippen molar-refractivity contribution >= 4 is 21.5 Å². The van der Waals surface area contributed by atoms with E-state index in [0.29, 0.717) is 16.6 Å². The molecule has 0 amide bonds. The first kappa shape index (κ1) is 16.8. The molecular weight excluding hydrogens is 322 g/mol. The standard InChI is InChI=1S/C18H23N3O2S/c1-13-7-9-17(14(2)11-13)24(22,23)21-16-8-10-18(19-12-16)20-15-5-3-4-6-15/h7-12,15,21H,3-6H2,1-2H3,(H,19,20). The summed E-state index contributed by atoms with van der Waals surface area (Å²) in [7, 11) is -3.61. The maximum Gasteiger partial charge on any atom is 0.262 e. The fraction of sp³-hybridized carbons (Fsp3) is 0.389. The molecule has 6 heteroatoms. The smallest absolute Gasteiger partial charge is 0.262 e. The lowest BCUT2D eigenvalue weighted by Gasteiger charge is -2.14. The minimum Gasteiger partial charge on any atom is -0.367 e. The topological polar surface area (TPSA) is 71.1 Å². The second-order valence-electron chi connectivity index (χ2n) is 6.43. The van der Waals surface area contributed by atoms with Crippen molar-refractivity contribution in [3.05, 3.63) is 47.7 Å². The van der Waals surface area contributed by atoms with Crippen LogP contribution in [0.25, 0.3) is 0 Å². The van der Waals surface area contributed by atoms with Gasteiger partial charge in [0.05, 0.1) is 16.8 Å². The third-order valence-corrected chi connectivity index (χ3v) is 5.88. The van der Waals surface area contributed by atoms with E-state index in [-0.39, 0.29) is 0 Å². The molecule has 24 heavy (non-hydrogen) atoms. The normalized spacial score (nSPS) is 15.4. The molecule has 0 bridgehead atoms. The van der Waals surface area contributed by atoms with Crippen LogP contribution < -0.4 is 10.0 Å². The molecule has 1 aliphatic carbocycles. The van der Waals surface area contributed by atoms with E-state index in [1.165, 1.54) is 25.7 Å². The van der Waals surface area contributed by atoms with E-state index in [2.05, 4.69) is 15.0 Å². The minimum atomic E-state index is -3.61. The quantitative estimate of drug-likeness (QED) is 0.863. The van der Waals surface area contributed by atoms with Gasteiger partial charge in [-0.25, -0.2) is 13.4 Å². The van der Waals surface area contributed by atoms with Gasteiger partial charge in [0, 0.05) is 6.04 Å². The third-order valence-electron chi connectivity index (χ3n) is 4.34. The number of aryl methyl sites for hydroxylation is 2. The molecule has 0 radical (unpaired) electrons. The number of aromatic nitrogens is 1. The van der Waals surface area contributed by atoms with Gasteiger partial charge in [-0.1, -0.05) is 30.5 Å². The van der Waals surface area contributed by atoms with Gasteiger partial charge >= 0.3 is 0 Å². The van der Waals surface area contributed by atoms with Gasteiger partial charge in [-0.15, -0.1) is 0 Å². The van der Waals surface area contributed by atoms with Crippen LogP contribution in [0.1, 0.15) is 36.8 Å². The van der Waals surface area contributed by atoms with Crippen LogP contribution in [0.5, 0.6) is 0 Å². The number of hydrogen-bond acceptors (Lipinski definition) is 4. The molecule has 2 N–H and O–H groups in total. The first-order valence-corrected chi connectivity index (χ1v) is 9.75. The number of pyridine rings is 1. The Bertz CT molecular complexity index is 811. The van der Waals surface area contributed by atoms with Crippen molar-refractivity contribution < 1.29 is 8.42 Å². The molecule has 0 saturated heterocycles. The van der Waals surface area contributed by atoms with Gasteiger partial charge in [0.1, 0.15) is 5.82 Å². The van der Waals surface area contributed by atoms with E-state index in [1.54, 1.807) is 31.3 Å². The molecule has 1 fully saturated rings. The highest BCUT2D eigenvalue weighted by atomic mass is 32.2. The molecule has 0 aliphatic heterocycles. The Kier molecular flexibility index (Phi) is 4.76. The van der Waals surface area contributed by atoms with Gasteiger partial charge in [-0.2, -0.15) is 0 Å². The molecular formula is C18H23N3O2S. The van der Waals surface area contributed by atoms with Crippen LogP contribution in [0, 0.1) is 13.8 Å². The number of hydrogen-bond donors (Lipinski definition) is 2. The summed E-state index contributed by atoms with van der Waals surface area (Å²) in [6.45, 7) is 3.74. The van der Waals surface area contributed by atoms with E-state index >= 15 is 0 Å². The largest absolute Gasteiger partial charge is 0.367 e. The summed E-state index contributed by atoms with van der Waals surface area (Å²) in [6.07, 6.45) is 6.40. The molecule has 1 aromatic heterocycles. The molecule has 5 nitrogen and oxygen atoms in total. The maximum atomic E-state index is 12.5. The van der Waals surface area contributed by atoms with Crippen molar-refractivity contribution in [2.75, 3.05) is 10.0 Å². The number of benzene rings is 1. The van der Waals surface area contributed by atoms with Crippen molar-refractivity contribution in [3.8, 4) is 0 Å². The molecule has 0 spiro atoms. The Morgan fingerprint density at radius 3 is 2.46 bits per heavy atom. The maximum absolute atomic E-state index is 12.5. The summed E-state index contributed by atoms with van der Waals surface area (Å²) in [5, 5.41) is 3.39. The molecule has 128 valence electrons. The van der Waals surface area contributed by atoms with Crippen molar-refractivity contribution in [1.82, 2.24) is 4.98 Å². The molecule has 1 saturated carbocycles. The van der Waals surface area contributed by atoms with Crippen LogP contribution in [-0.2, 0) is 10.0 Å². The Balaban J connectivity index is 1.72. The summed E-state index contributed by atoms with van der Waals surface area (Å²) in [5.74, 6) is 0.788. The fourth-order valence-electron chi connectivity index (χ4n) is 3.13. The summed E-state index contributed by atoms with van der Waals surface area (Å²) >= 11 is 0. The Labute approximate surface area is 143 Å². The third kappa shape index (κ3) is 3.87. The van der Waals surface area contributed by atoms with Gasteiger partial charge in [0.2, 0.25) is 0 Å². The number of nitrogens with zero attached hydrogens (tertiary/aromatic N) is 1. The molecule has 1 aromatic carbocycles. The van der Waals surface area contributed by atoms with Crippen LogP contribution in [-0.4, -0.2) is 19.4 Å². The average molecular weight is 345 g/mol. The molecule has 2 aromatic rings. The van der Waals surface area contributed by atoms with E-state index in [4.69, 9.17) is 0 Å². The van der Waals surface area contributed by atoms with E-state index in [9.17, 15) is 8.42 Å². The molecule has 0 atom stereocenters. The van der Waals surface area contributed by atoms with Crippen LogP contribution in [0.15, 0.2) is 41.4 Å². The average Bonchev–Trinajstić information content (AvgIpc) is 3.01. The van der Waals surface area contributed by atoms with Gasteiger partial charge in [0.25, 0.3) is 10.0 Å². The Morgan fingerprint density at radius 1 is 1.08 bits per heavy atom. The van der Waals surface area contributed by atoms with Crippen molar-refractivity contribution in [2.24, 2.45) is 0 Å². The number of rotatable bonds is 5. The van der Waals surface area contributed by atoms with Crippen molar-refractivity contribution in [1.29, 1.82) is 0 Å². The van der Waals surface area contributed by atoms with Crippen LogP contribution in [0.4, 0.5) is 11.5 Å². The zero-order valence-corrected chi connectivity index (χ0v) is 14.9. The summed E-state index contributed by atoms with van der Waals surface area (Å²) in [4.78, 5) is 4.61. The summed E-state index contributed by atoms with van der Waals surface area (Å²) in [5.41, 5.74) is 2.23. The highest BCUT2D eigenvalue weighted by Gasteiger charge is 2.18. The second kappa shape index (κ2) is 6.81. The molecule has 1 aliphatic rings. The second-order valence-corrected chi connectivity index (χ2v) is 8.08. The van der Waals surface area contributed by atoms with E-state index in [0.717, 1.165) is 16.9 Å². The first-order chi connectivity index (χ1) is 11.4. The lowest BCUT2D eigenvalue weighted by Crippen LogP contribution is -2.16. The van der Waals surface area contributed by atoms with E-state index < -0.39 is 10.0 Å². The molecule has 3 rings (SSSR count). The van der Waals surface area contributed by atoms with Crippen LogP contribution in [0.3, 0.4) is 0 Å². The molecule has 1 heterocycles. The first-order valence-electron chi connectivity index (χ1n) is 8.27. The van der Waals surface area contributed by atoms with Crippen molar-refractivity contribution in [2.45, 2.75) is 50.5 Å². The van der Waals surface area contributed by atoms with Gasteiger partial charge in [-0.3, -0.25) is 4.72 Å². The van der Waals surface area contributed by atoms with Gasteiger partial charge < -0.3 is 5.32 Å². The summed E-state index contributed by atoms with van der Waals surface area (Å²) in [6, 6.07) is 9.34. The zero-order chi connectivity index (χ0) is 17.2. The lowest BCUT2D eigenvalue weighted by atomic mass is 10.2. The SMILES string of the molecule is Cc1ccc(S(=O)(=O)Nc2ccc(NC3CCCC3)nc2)c(C)c1. The van der Waals surface area contributed by atoms with Crippen LogP contribution in [0.2, 0.25) is 0 Å². The fourth-order valence-corrected chi connectivity index (χ4v) is 4.40. The monoisotopic (exact) mass is 345 g/mol. The minimum absolute atomic E-state index is 0.293. The number of nitrogens with one attached hydrogen (secondary N) is 2. The summed E-state index contributed by atoms with van der Waals surface area (Å²) < 4.78 is 27.7. The number of sulfonamides is 1. The highest BCUT2D eigenvalue weighted by molar-refractivity contribution is 7.92. The van der Waals surface area contributed by atoms with Crippen molar-refractivity contribution in [3.63, 3.8) is 0 Å². The van der Waals surface area contributed by atoms with Crippen LogP contribution >= 0.6 is 0 Å². The van der Waals surface area contributed by atoms with Gasteiger partial charge in [0.15, 0.2) is 0 Å². The zero-order valence-electron chi connectivity index (χ0n) is 14.0. The Morgan fingerprint density at radius 2 is 1.83 bits per heavy atom. The lowest BCUT2D eigenvalue weighted by molar-refractivity contribution is 0.600. The van der Waals surface area contributed by atoms with E-state index in [1.807, 2.05) is 19.1 Å². The Hall–Kier alpha value is -2.08. The predicted molar refractivity (Wildman–Crippen MR) is 96.8 cm³/mol. The highest BCUT2D eigenvalue weighted by Crippen LogP contribution is 2.23. The van der Waals surface area contributed by atoms with Gasteiger partial charge in [-0.05, 0) is 50.5 Å².